The summed E-state index contributed by atoms with van der Waals surface area (Å²) in [5, 5.41) is 9.10. The largest absolute Gasteiger partial charge is 0.486 e. The van der Waals surface area contributed by atoms with E-state index >= 15 is 0 Å². The maximum absolute atomic E-state index is 12.3. The van der Waals surface area contributed by atoms with Gasteiger partial charge in [-0.25, -0.2) is 0 Å². The van der Waals surface area contributed by atoms with Gasteiger partial charge in [-0.1, -0.05) is 0 Å². The number of hydrogen-bond acceptors (Lipinski definition) is 7. The number of rotatable bonds is 6. The van der Waals surface area contributed by atoms with Crippen LogP contribution in [0.1, 0.15) is 39.2 Å². The third-order valence-electron chi connectivity index (χ3n) is 4.73. The Morgan fingerprint density at radius 2 is 1.93 bits per heavy atom. The van der Waals surface area contributed by atoms with Crippen LogP contribution in [0.3, 0.4) is 0 Å². The predicted octanol–water partition coefficient (Wildman–Crippen LogP) is 1.99. The third-order valence-corrected chi connectivity index (χ3v) is 4.73. The molecule has 0 aliphatic carbocycles. The highest BCUT2D eigenvalue weighted by Gasteiger charge is 2.17. The van der Waals surface area contributed by atoms with E-state index < -0.39 is 11.5 Å². The minimum atomic E-state index is -0.542. The second kappa shape index (κ2) is 8.61. The number of fused-ring (bicyclic) bond motifs is 1. The van der Waals surface area contributed by atoms with E-state index in [9.17, 15) is 14.4 Å². The van der Waals surface area contributed by atoms with Gasteiger partial charge in [0.05, 0.1) is 0 Å². The molecule has 0 radical (unpaired) electrons. The number of nitrogens with zero attached hydrogens (tertiary/aromatic N) is 1. The quantitative estimate of drug-likeness (QED) is 0.586. The van der Waals surface area contributed by atoms with Crippen LogP contribution in [0, 0.1) is 25.2 Å². The van der Waals surface area contributed by atoms with Crippen molar-refractivity contribution >= 4 is 11.8 Å². The molecular weight excluding hydrogens is 376 g/mol. The second-order valence-corrected chi connectivity index (χ2v) is 6.61. The standard InChI is InChI=1S/C21H20N2O6/c1-12-15(13(2)23-21(26)16(12)10-22)4-6-20(25)29-11-17(24)14-3-5-18-19(9-14)28-8-7-27-18/h3,5,9H,4,6-8,11H2,1-2H3,(H,23,26). The molecule has 0 fully saturated rings. The van der Waals surface area contributed by atoms with Crippen molar-refractivity contribution in [2.75, 3.05) is 19.8 Å². The Kier molecular flexibility index (Phi) is 5.98. The van der Waals surface area contributed by atoms with E-state index in [2.05, 4.69) is 4.98 Å². The first-order valence-corrected chi connectivity index (χ1v) is 9.11. The Labute approximate surface area is 167 Å². The zero-order valence-corrected chi connectivity index (χ0v) is 16.2. The lowest BCUT2D eigenvalue weighted by Gasteiger charge is -2.18. The van der Waals surface area contributed by atoms with E-state index in [1.165, 1.54) is 0 Å². The Balaban J connectivity index is 1.58. The summed E-state index contributed by atoms with van der Waals surface area (Å²) in [5.41, 5.74) is 1.83. The highest BCUT2D eigenvalue weighted by Crippen LogP contribution is 2.30. The summed E-state index contributed by atoms with van der Waals surface area (Å²) < 4.78 is 15.9. The average molecular weight is 396 g/mol. The molecule has 1 aliphatic rings. The average Bonchev–Trinajstić information content (AvgIpc) is 2.71. The van der Waals surface area contributed by atoms with Gasteiger partial charge in [0.1, 0.15) is 24.8 Å². The minimum absolute atomic E-state index is 0.0208. The molecule has 150 valence electrons. The molecule has 8 nitrogen and oxygen atoms in total. The van der Waals surface area contributed by atoms with Crippen molar-refractivity contribution in [2.24, 2.45) is 0 Å². The number of H-pyrrole nitrogens is 1. The van der Waals surface area contributed by atoms with Crippen molar-refractivity contribution < 1.29 is 23.8 Å². The molecule has 0 saturated heterocycles. The van der Waals surface area contributed by atoms with Gasteiger partial charge in [0, 0.05) is 17.7 Å². The molecule has 2 aromatic rings. The van der Waals surface area contributed by atoms with E-state index in [-0.39, 0.29) is 24.4 Å². The zero-order valence-electron chi connectivity index (χ0n) is 16.2. The van der Waals surface area contributed by atoms with Crippen molar-refractivity contribution in [1.29, 1.82) is 5.26 Å². The summed E-state index contributed by atoms with van der Waals surface area (Å²) in [7, 11) is 0. The number of carbonyl (C=O) groups is 2. The molecule has 1 N–H and O–H groups in total. The first-order valence-electron chi connectivity index (χ1n) is 9.11. The van der Waals surface area contributed by atoms with Crippen molar-refractivity contribution in [2.45, 2.75) is 26.7 Å². The third kappa shape index (κ3) is 4.46. The van der Waals surface area contributed by atoms with Crippen molar-refractivity contribution in [1.82, 2.24) is 4.98 Å². The van der Waals surface area contributed by atoms with Gasteiger partial charge in [-0.15, -0.1) is 0 Å². The fourth-order valence-corrected chi connectivity index (χ4v) is 3.17. The van der Waals surface area contributed by atoms with Gasteiger partial charge in [0.2, 0.25) is 0 Å². The smallest absolute Gasteiger partial charge is 0.306 e. The molecule has 0 atom stereocenters. The van der Waals surface area contributed by atoms with Crippen LogP contribution in [0.5, 0.6) is 11.5 Å². The minimum Gasteiger partial charge on any atom is -0.486 e. The number of Topliss-reactive ketones (excluding diaryl/α,β-unsaturated/α-hetero) is 1. The number of aromatic nitrogens is 1. The molecule has 0 spiro atoms. The maximum Gasteiger partial charge on any atom is 0.306 e. The first-order chi connectivity index (χ1) is 13.9. The molecule has 1 aliphatic heterocycles. The lowest BCUT2D eigenvalue weighted by molar-refractivity contribution is -0.142. The lowest BCUT2D eigenvalue weighted by Crippen LogP contribution is -2.19. The van der Waals surface area contributed by atoms with Gasteiger partial charge in [0.25, 0.3) is 5.56 Å². The van der Waals surface area contributed by atoms with Crippen LogP contribution >= 0.6 is 0 Å². The zero-order chi connectivity index (χ0) is 21.0. The van der Waals surface area contributed by atoms with Gasteiger partial charge < -0.3 is 19.2 Å². The Bertz CT molecular complexity index is 1060. The van der Waals surface area contributed by atoms with Crippen molar-refractivity contribution in [3.63, 3.8) is 0 Å². The summed E-state index contributed by atoms with van der Waals surface area (Å²) in [5.74, 6) is 0.178. The molecule has 0 saturated carbocycles. The lowest BCUT2D eigenvalue weighted by atomic mass is 9.99. The van der Waals surface area contributed by atoms with Crippen LogP contribution in [0.4, 0.5) is 0 Å². The van der Waals surface area contributed by atoms with Gasteiger partial charge in [-0.05, 0) is 49.6 Å². The second-order valence-electron chi connectivity index (χ2n) is 6.61. The van der Waals surface area contributed by atoms with Crippen molar-refractivity contribution in [3.05, 3.63) is 56.5 Å². The monoisotopic (exact) mass is 396 g/mol. The van der Waals surface area contributed by atoms with Gasteiger partial charge in [-0.2, -0.15) is 5.26 Å². The summed E-state index contributed by atoms with van der Waals surface area (Å²) in [6.45, 7) is 3.87. The van der Waals surface area contributed by atoms with Crippen molar-refractivity contribution in [3.8, 4) is 17.6 Å². The fourth-order valence-electron chi connectivity index (χ4n) is 3.17. The first kappa shape index (κ1) is 20.1. The molecule has 8 heteroatoms. The number of carbonyl (C=O) groups excluding carboxylic acids is 2. The Morgan fingerprint density at radius 1 is 1.21 bits per heavy atom. The molecule has 0 unspecified atom stereocenters. The van der Waals surface area contributed by atoms with Crippen LogP contribution < -0.4 is 15.0 Å². The Morgan fingerprint density at radius 3 is 2.66 bits per heavy atom. The molecule has 0 amide bonds. The van der Waals surface area contributed by atoms with E-state index in [0.717, 1.165) is 5.56 Å². The van der Waals surface area contributed by atoms with Crippen LogP contribution in [-0.2, 0) is 16.0 Å². The molecule has 29 heavy (non-hydrogen) atoms. The number of hydrogen-bond donors (Lipinski definition) is 1. The summed E-state index contributed by atoms with van der Waals surface area (Å²) in [4.78, 5) is 38.7. The number of pyridine rings is 1. The predicted molar refractivity (Wildman–Crippen MR) is 102 cm³/mol. The van der Waals surface area contributed by atoms with E-state index in [1.807, 2.05) is 6.07 Å². The van der Waals surface area contributed by atoms with Gasteiger partial charge in [0.15, 0.2) is 23.9 Å². The van der Waals surface area contributed by atoms with Crippen LogP contribution in [-0.4, -0.2) is 36.6 Å². The normalized spacial score (nSPS) is 12.2. The summed E-state index contributed by atoms with van der Waals surface area (Å²) in [6, 6.07) is 6.69. The van der Waals surface area contributed by atoms with Crippen LogP contribution in [0.25, 0.3) is 0 Å². The number of benzene rings is 1. The topological polar surface area (TPSA) is 118 Å². The molecule has 1 aromatic heterocycles. The Hall–Kier alpha value is -3.60. The molecule has 2 heterocycles. The number of aryl methyl sites for hydroxylation is 1. The molecule has 3 rings (SSSR count). The summed E-state index contributed by atoms with van der Waals surface area (Å²) in [6.07, 6.45) is 0.313. The number of nitriles is 1. The molecule has 1 aromatic carbocycles. The number of aromatic amines is 1. The summed E-state index contributed by atoms with van der Waals surface area (Å²) >= 11 is 0. The number of ketones is 1. The van der Waals surface area contributed by atoms with Gasteiger partial charge in [-0.3, -0.25) is 14.4 Å². The SMILES string of the molecule is Cc1[nH]c(=O)c(C#N)c(C)c1CCC(=O)OCC(=O)c1ccc2c(c1)OCCO2. The highest BCUT2D eigenvalue weighted by molar-refractivity contribution is 5.98. The molecular formula is C21H20N2O6. The number of esters is 1. The molecule has 0 bridgehead atoms. The van der Waals surface area contributed by atoms with Crippen LogP contribution in [0.15, 0.2) is 23.0 Å². The number of ether oxygens (including phenoxy) is 3. The highest BCUT2D eigenvalue weighted by atomic mass is 16.6. The van der Waals surface area contributed by atoms with E-state index in [1.54, 1.807) is 32.0 Å². The maximum atomic E-state index is 12.3. The van der Waals surface area contributed by atoms with Gasteiger partial charge >= 0.3 is 5.97 Å². The fraction of sp³-hybridized carbons (Fsp3) is 0.333. The van der Waals surface area contributed by atoms with Crippen LogP contribution in [0.2, 0.25) is 0 Å². The van der Waals surface area contributed by atoms with E-state index in [4.69, 9.17) is 19.5 Å². The van der Waals surface area contributed by atoms with E-state index in [0.29, 0.717) is 48.0 Å². The number of nitrogens with one attached hydrogen (secondary N) is 1.